The predicted octanol–water partition coefficient (Wildman–Crippen LogP) is 2.84. The molecule has 1 aromatic heterocycles. The van der Waals surface area contributed by atoms with Crippen molar-refractivity contribution < 1.29 is 22.3 Å². The third kappa shape index (κ3) is 4.37. The van der Waals surface area contributed by atoms with E-state index < -0.39 is 21.8 Å². The van der Waals surface area contributed by atoms with E-state index in [1.54, 1.807) is 25.1 Å². The molecule has 0 aliphatic rings. The van der Waals surface area contributed by atoms with Crippen molar-refractivity contribution >= 4 is 21.8 Å². The number of hydrogen-bond acceptors (Lipinski definition) is 5. The molecule has 9 heteroatoms. The molecule has 0 atom stereocenters. The Labute approximate surface area is 161 Å². The molecule has 0 amide bonds. The van der Waals surface area contributed by atoms with E-state index in [2.05, 4.69) is 14.6 Å². The number of rotatable bonds is 6. The number of methoxy groups -OCH3 is 1. The van der Waals surface area contributed by atoms with Crippen LogP contribution in [0, 0.1) is 12.7 Å². The van der Waals surface area contributed by atoms with E-state index in [0.29, 0.717) is 16.9 Å². The van der Waals surface area contributed by atoms with Crippen LogP contribution in [0.2, 0.25) is 0 Å². The first-order valence-corrected chi connectivity index (χ1v) is 9.78. The van der Waals surface area contributed by atoms with Crippen LogP contribution in [0.1, 0.15) is 11.3 Å². The van der Waals surface area contributed by atoms with Gasteiger partial charge in [-0.15, -0.1) is 0 Å². The van der Waals surface area contributed by atoms with Crippen LogP contribution in [0.5, 0.6) is 0 Å². The summed E-state index contributed by atoms with van der Waals surface area (Å²) in [6.07, 6.45) is -0.0352. The number of carbonyl (C=O) groups is 1. The molecule has 0 saturated carbocycles. The largest absolute Gasteiger partial charge is 0.469 e. The Morgan fingerprint density at radius 1 is 1.18 bits per heavy atom. The van der Waals surface area contributed by atoms with Crippen molar-refractivity contribution in [2.75, 3.05) is 11.8 Å². The highest BCUT2D eigenvalue weighted by molar-refractivity contribution is 7.92. The van der Waals surface area contributed by atoms with Gasteiger partial charge in [0.05, 0.1) is 29.8 Å². The minimum atomic E-state index is -3.94. The van der Waals surface area contributed by atoms with Gasteiger partial charge in [-0.3, -0.25) is 9.52 Å². The van der Waals surface area contributed by atoms with E-state index in [4.69, 9.17) is 0 Å². The van der Waals surface area contributed by atoms with Crippen molar-refractivity contribution in [2.45, 2.75) is 18.2 Å². The van der Waals surface area contributed by atoms with Crippen LogP contribution >= 0.6 is 0 Å². The van der Waals surface area contributed by atoms with Crippen molar-refractivity contribution in [1.29, 1.82) is 0 Å². The number of anilines is 1. The van der Waals surface area contributed by atoms with E-state index in [-0.39, 0.29) is 17.1 Å². The highest BCUT2D eigenvalue weighted by Crippen LogP contribution is 2.22. The van der Waals surface area contributed by atoms with Gasteiger partial charge in [-0.05, 0) is 48.9 Å². The molecule has 7 nitrogen and oxygen atoms in total. The van der Waals surface area contributed by atoms with Crippen LogP contribution in [0.3, 0.4) is 0 Å². The van der Waals surface area contributed by atoms with Crippen molar-refractivity contribution in [1.82, 2.24) is 9.78 Å². The van der Waals surface area contributed by atoms with Crippen molar-refractivity contribution in [3.63, 3.8) is 0 Å². The smallest absolute Gasteiger partial charge is 0.309 e. The van der Waals surface area contributed by atoms with Gasteiger partial charge in [-0.25, -0.2) is 17.5 Å². The van der Waals surface area contributed by atoms with Crippen LogP contribution in [0.15, 0.2) is 59.5 Å². The maximum Gasteiger partial charge on any atom is 0.309 e. The number of nitrogens with zero attached hydrogens (tertiary/aromatic N) is 2. The number of halogens is 1. The molecule has 1 N–H and O–H groups in total. The van der Waals surface area contributed by atoms with Crippen molar-refractivity contribution in [2.24, 2.45) is 0 Å². The maximum absolute atomic E-state index is 13.2. The van der Waals surface area contributed by atoms with Crippen LogP contribution < -0.4 is 4.72 Å². The lowest BCUT2D eigenvalue weighted by atomic mass is 10.1. The third-order valence-corrected chi connectivity index (χ3v) is 5.28. The number of ether oxygens (including phenoxy) is 1. The lowest BCUT2D eigenvalue weighted by Gasteiger charge is -2.11. The summed E-state index contributed by atoms with van der Waals surface area (Å²) in [6, 6.07) is 13.1. The maximum atomic E-state index is 13.2. The second-order valence-electron chi connectivity index (χ2n) is 6.06. The SMILES string of the molecule is COC(=O)Cc1cccc(S(=O)(=O)Nc2cc(C)nn2-c2ccc(F)cc2)c1. The van der Waals surface area contributed by atoms with Gasteiger partial charge in [0.1, 0.15) is 11.6 Å². The highest BCUT2D eigenvalue weighted by atomic mass is 32.2. The zero-order valence-electron chi connectivity index (χ0n) is 15.2. The fraction of sp³-hybridized carbons (Fsp3) is 0.158. The molecule has 0 bridgehead atoms. The monoisotopic (exact) mass is 403 g/mol. The summed E-state index contributed by atoms with van der Waals surface area (Å²) >= 11 is 0. The van der Waals surface area contributed by atoms with Gasteiger partial charge in [-0.2, -0.15) is 5.10 Å². The summed E-state index contributed by atoms with van der Waals surface area (Å²) in [4.78, 5) is 11.4. The van der Waals surface area contributed by atoms with Gasteiger partial charge < -0.3 is 4.74 Å². The van der Waals surface area contributed by atoms with Crippen molar-refractivity contribution in [3.05, 3.63) is 71.7 Å². The van der Waals surface area contributed by atoms with Crippen molar-refractivity contribution in [3.8, 4) is 5.69 Å². The molecule has 0 fully saturated rings. The number of esters is 1. The van der Waals surface area contributed by atoms with Crippen LogP contribution in [0.25, 0.3) is 5.69 Å². The summed E-state index contributed by atoms with van der Waals surface area (Å²) < 4.78 is 47.3. The Hall–Kier alpha value is -3.20. The number of hydrogen-bond donors (Lipinski definition) is 1. The molecule has 0 spiro atoms. The first-order chi connectivity index (χ1) is 13.3. The molecule has 0 saturated heterocycles. The molecule has 3 aromatic rings. The van der Waals surface area contributed by atoms with E-state index in [1.807, 2.05) is 0 Å². The minimum Gasteiger partial charge on any atom is -0.469 e. The van der Waals surface area contributed by atoms with Crippen LogP contribution in [-0.4, -0.2) is 31.3 Å². The molecule has 2 aromatic carbocycles. The topological polar surface area (TPSA) is 90.3 Å². The summed E-state index contributed by atoms with van der Waals surface area (Å²) in [7, 11) is -2.67. The van der Waals surface area contributed by atoms with Gasteiger partial charge in [0.15, 0.2) is 0 Å². The standard InChI is InChI=1S/C19H18FN3O4S/c1-13-10-18(23(21-13)16-8-6-15(20)7-9-16)22-28(25,26)17-5-3-4-14(11-17)12-19(24)27-2/h3-11,22H,12H2,1-2H3. The van der Waals surface area contributed by atoms with Crippen LogP contribution in [0.4, 0.5) is 10.2 Å². The van der Waals surface area contributed by atoms with E-state index in [1.165, 1.54) is 48.2 Å². The molecule has 1 heterocycles. The van der Waals surface area contributed by atoms with Gasteiger partial charge in [0.25, 0.3) is 10.0 Å². The zero-order valence-corrected chi connectivity index (χ0v) is 16.0. The number of nitrogens with one attached hydrogen (secondary N) is 1. The van der Waals surface area contributed by atoms with Gasteiger partial charge in [0.2, 0.25) is 0 Å². The van der Waals surface area contributed by atoms with Gasteiger partial charge in [-0.1, -0.05) is 12.1 Å². The van der Waals surface area contributed by atoms with E-state index >= 15 is 0 Å². The number of aryl methyl sites for hydroxylation is 1. The highest BCUT2D eigenvalue weighted by Gasteiger charge is 2.19. The summed E-state index contributed by atoms with van der Waals surface area (Å²) in [5.74, 6) is -0.660. The number of benzene rings is 2. The first kappa shape index (κ1) is 19.6. The fourth-order valence-electron chi connectivity index (χ4n) is 2.61. The Kier molecular flexibility index (Phi) is 5.46. The molecule has 0 unspecified atom stereocenters. The third-order valence-electron chi connectivity index (χ3n) is 3.93. The molecule has 0 aliphatic heterocycles. The van der Waals surface area contributed by atoms with Crippen LogP contribution in [-0.2, 0) is 26.0 Å². The van der Waals surface area contributed by atoms with Gasteiger partial charge in [0, 0.05) is 6.07 Å². The molecule has 0 radical (unpaired) electrons. The Morgan fingerprint density at radius 3 is 2.57 bits per heavy atom. The average Bonchev–Trinajstić information content (AvgIpc) is 3.02. The average molecular weight is 403 g/mol. The van der Waals surface area contributed by atoms with E-state index in [9.17, 15) is 17.6 Å². The Bertz CT molecular complexity index is 1110. The zero-order chi connectivity index (χ0) is 20.3. The minimum absolute atomic E-state index is 0.00147. The molecule has 28 heavy (non-hydrogen) atoms. The lowest BCUT2D eigenvalue weighted by molar-refractivity contribution is -0.139. The first-order valence-electron chi connectivity index (χ1n) is 8.30. The molecular formula is C19H18FN3O4S. The number of sulfonamides is 1. The van der Waals surface area contributed by atoms with E-state index in [0.717, 1.165) is 0 Å². The lowest BCUT2D eigenvalue weighted by Crippen LogP contribution is -2.16. The Balaban J connectivity index is 1.92. The molecule has 0 aliphatic carbocycles. The van der Waals surface area contributed by atoms with Gasteiger partial charge >= 0.3 is 5.97 Å². The Morgan fingerprint density at radius 2 is 1.89 bits per heavy atom. The fourth-order valence-corrected chi connectivity index (χ4v) is 3.71. The summed E-state index contributed by atoms with van der Waals surface area (Å²) in [5.41, 5.74) is 1.60. The second-order valence-corrected chi connectivity index (χ2v) is 7.75. The summed E-state index contributed by atoms with van der Waals surface area (Å²) in [6.45, 7) is 1.72. The number of aromatic nitrogens is 2. The second kappa shape index (κ2) is 7.81. The number of carbonyl (C=O) groups excluding carboxylic acids is 1. The molecular weight excluding hydrogens is 385 g/mol. The molecule has 146 valence electrons. The summed E-state index contributed by atoms with van der Waals surface area (Å²) in [5, 5.41) is 4.26. The predicted molar refractivity (Wildman–Crippen MR) is 101 cm³/mol. The normalized spacial score (nSPS) is 11.2. The molecule has 3 rings (SSSR count). The quantitative estimate of drug-likeness (QED) is 0.639.